The number of para-hydroxylation sites is 2. The van der Waals surface area contributed by atoms with Gasteiger partial charge in [0.15, 0.2) is 0 Å². The Morgan fingerprint density at radius 2 is 1.08 bits per heavy atom. The summed E-state index contributed by atoms with van der Waals surface area (Å²) in [6.45, 7) is 18.6. The summed E-state index contributed by atoms with van der Waals surface area (Å²) >= 11 is 0.997. The van der Waals surface area contributed by atoms with Crippen LogP contribution in [0, 0.1) is 0 Å². The van der Waals surface area contributed by atoms with E-state index in [0.717, 1.165) is 0 Å². The van der Waals surface area contributed by atoms with Crippen LogP contribution in [0.4, 0.5) is 11.4 Å². The monoisotopic (exact) mass is 667 g/mol. The molecule has 0 spiro atoms. The molecule has 1 aliphatic heterocycles. The molecule has 3 aromatic rings. The van der Waals surface area contributed by atoms with Crippen molar-refractivity contribution >= 4 is 55.0 Å². The van der Waals surface area contributed by atoms with E-state index in [1.165, 1.54) is 44.8 Å². The van der Waals surface area contributed by atoms with E-state index in [4.69, 9.17) is 0 Å². The Bertz CT molecular complexity index is 1250. The fraction of sp³-hybridized carbons (Fsp3) is 0.364. The van der Waals surface area contributed by atoms with Gasteiger partial charge in [0, 0.05) is 0 Å². The Morgan fingerprint density at radius 1 is 0.622 bits per heavy atom. The number of benzene rings is 3. The van der Waals surface area contributed by atoms with Crippen LogP contribution in [-0.4, -0.2) is 21.5 Å². The summed E-state index contributed by atoms with van der Waals surface area (Å²) in [5.74, 6) is 1.81. The molecule has 4 rings (SSSR count). The Balaban J connectivity index is 2.04. The summed E-state index contributed by atoms with van der Waals surface area (Å²) in [6, 6.07) is 24.7. The van der Waals surface area contributed by atoms with E-state index in [1.807, 2.05) is 0 Å². The van der Waals surface area contributed by atoms with Crippen molar-refractivity contribution in [1.29, 1.82) is 0 Å². The van der Waals surface area contributed by atoms with Gasteiger partial charge in [0.1, 0.15) is 0 Å². The zero-order chi connectivity index (χ0) is 26.9. The van der Waals surface area contributed by atoms with Crippen molar-refractivity contribution < 1.29 is 3.49 Å². The minimum atomic E-state index is -1.80. The number of hydrogen-bond donors (Lipinski definition) is 0. The quantitative estimate of drug-likeness (QED) is 0.180. The molecule has 0 bridgehead atoms. The van der Waals surface area contributed by atoms with Gasteiger partial charge in [-0.1, -0.05) is 0 Å². The van der Waals surface area contributed by atoms with Gasteiger partial charge in [-0.3, -0.25) is 0 Å². The molecule has 1 aliphatic rings. The standard InChI is InChI=1S/C33H41AsIN2/c1-22(2)28-16-12-17-29(23(3)4)32(28)36-20-27(26-14-10-9-11-15-26)21-37(34(36)35)33-30(24(5)6)18-13-19-31(33)25(7)8/h9-25H,1-8H3/q+1. The second kappa shape index (κ2) is 11.9. The van der Waals surface area contributed by atoms with E-state index in [1.54, 1.807) is 0 Å². The number of hydrogen-bond acceptors (Lipinski definition) is 1. The topological polar surface area (TPSA) is 6.25 Å². The predicted octanol–water partition coefficient (Wildman–Crippen LogP) is 9.88. The normalized spacial score (nSPS) is 16.1. The Labute approximate surface area is 240 Å². The van der Waals surface area contributed by atoms with E-state index in [0.29, 0.717) is 23.7 Å². The summed E-state index contributed by atoms with van der Waals surface area (Å²) in [7, 11) is 0. The first-order valence-corrected chi connectivity index (χ1v) is 20.9. The van der Waals surface area contributed by atoms with Crippen molar-refractivity contribution in [2.24, 2.45) is 0 Å². The number of anilines is 1. The molecule has 0 N–H and O–H groups in total. The molecule has 37 heavy (non-hydrogen) atoms. The van der Waals surface area contributed by atoms with Crippen LogP contribution < -0.4 is 3.82 Å². The first-order valence-electron chi connectivity index (χ1n) is 13.5. The van der Waals surface area contributed by atoms with Crippen molar-refractivity contribution in [1.82, 2.24) is 0 Å². The summed E-state index contributed by atoms with van der Waals surface area (Å²) in [6.07, 6.45) is 4.89. The van der Waals surface area contributed by atoms with Gasteiger partial charge in [-0.2, -0.15) is 0 Å². The molecule has 1 atom stereocenters. The van der Waals surface area contributed by atoms with Gasteiger partial charge in [0.2, 0.25) is 0 Å². The van der Waals surface area contributed by atoms with E-state index in [-0.39, 0.29) is 0 Å². The van der Waals surface area contributed by atoms with E-state index >= 15 is 0 Å². The molecule has 1 heterocycles. The van der Waals surface area contributed by atoms with Crippen molar-refractivity contribution in [3.8, 4) is 0 Å². The second-order valence-corrected chi connectivity index (χ2v) is 18.5. The van der Waals surface area contributed by atoms with Gasteiger partial charge < -0.3 is 0 Å². The molecular formula is C33H41AsIN2+. The van der Waals surface area contributed by atoms with Crippen LogP contribution in [-0.2, 0) is 0 Å². The van der Waals surface area contributed by atoms with Gasteiger partial charge in [-0.15, -0.1) is 0 Å². The van der Waals surface area contributed by atoms with Crippen LogP contribution in [0.1, 0.15) is 107 Å². The molecule has 0 fully saturated rings. The molecule has 0 aliphatic carbocycles. The van der Waals surface area contributed by atoms with Crippen LogP contribution in [0.3, 0.4) is 0 Å². The third kappa shape index (κ3) is 5.78. The van der Waals surface area contributed by atoms with Crippen molar-refractivity contribution in [2.75, 3.05) is 3.82 Å². The molecule has 0 amide bonds. The van der Waals surface area contributed by atoms with Gasteiger partial charge >= 0.3 is 242 Å². The van der Waals surface area contributed by atoms with Gasteiger partial charge in [0.05, 0.1) is 0 Å². The summed E-state index contributed by atoms with van der Waals surface area (Å²) in [4.78, 5) is 0. The Morgan fingerprint density at radius 3 is 1.54 bits per heavy atom. The number of rotatable bonds is 7. The fourth-order valence-electron chi connectivity index (χ4n) is 5.12. The van der Waals surface area contributed by atoms with Gasteiger partial charge in [-0.25, -0.2) is 0 Å². The first-order chi connectivity index (χ1) is 17.6. The molecule has 194 valence electrons. The molecule has 0 saturated carbocycles. The average molecular weight is 668 g/mol. The van der Waals surface area contributed by atoms with Crippen molar-refractivity contribution in [2.45, 2.75) is 79.1 Å². The van der Waals surface area contributed by atoms with Gasteiger partial charge in [-0.05, 0) is 0 Å². The van der Waals surface area contributed by atoms with E-state index in [2.05, 4.69) is 162 Å². The van der Waals surface area contributed by atoms with Crippen LogP contribution in [0.15, 0.2) is 72.9 Å². The molecule has 0 saturated heterocycles. The van der Waals surface area contributed by atoms with Crippen LogP contribution in [0.5, 0.6) is 0 Å². The Hall–Kier alpha value is -1.84. The summed E-state index contributed by atoms with van der Waals surface area (Å²) in [5.41, 5.74) is 11.1. The molecular weight excluding hydrogens is 626 g/mol. The fourth-order valence-corrected chi connectivity index (χ4v) is 11.7. The van der Waals surface area contributed by atoms with E-state index in [9.17, 15) is 0 Å². The number of allylic oxidation sites excluding steroid dienone is 1. The molecule has 2 nitrogen and oxygen atoms in total. The van der Waals surface area contributed by atoms with Gasteiger partial charge in [0.25, 0.3) is 0 Å². The minimum absolute atomic E-state index is 0.453. The van der Waals surface area contributed by atoms with Crippen molar-refractivity contribution in [3.05, 3.63) is 101 Å². The summed E-state index contributed by atoms with van der Waals surface area (Å²) < 4.78 is 5.36. The average Bonchev–Trinajstić information content (AvgIpc) is 2.88. The molecule has 0 aromatic heterocycles. The van der Waals surface area contributed by atoms with Crippen LogP contribution >= 0.6 is 20.1 Å². The van der Waals surface area contributed by atoms with E-state index < -0.39 is 11.8 Å². The third-order valence-corrected chi connectivity index (χ3v) is 14.8. The third-order valence-electron chi connectivity index (χ3n) is 7.13. The van der Waals surface area contributed by atoms with Crippen LogP contribution in [0.25, 0.3) is 5.57 Å². The molecule has 3 aromatic carbocycles. The second-order valence-electron chi connectivity index (χ2n) is 11.2. The zero-order valence-electron chi connectivity index (χ0n) is 23.5. The molecule has 0 radical (unpaired) electrons. The predicted molar refractivity (Wildman–Crippen MR) is 172 cm³/mol. The first kappa shape index (κ1) is 28.2. The maximum absolute atomic E-state index is 2.80. The molecule has 1 unspecified atom stereocenters. The number of halogens is 1. The molecule has 4 heteroatoms. The number of nitrogens with zero attached hydrogens (tertiary/aromatic N) is 2. The van der Waals surface area contributed by atoms with Crippen LogP contribution in [0.2, 0.25) is 0 Å². The summed E-state index contributed by atoms with van der Waals surface area (Å²) in [5, 5.41) is 0. The SMILES string of the molecule is CC(C)c1cccc(C(C)C)c1N1C=C(c2ccccc2)C=[N+](c2c(C(C)C)cccc2C(C)C)[As]1I. The maximum atomic E-state index is 2.80. The Kier molecular flexibility index (Phi) is 9.07. The zero-order valence-corrected chi connectivity index (χ0v) is 27.6. The van der Waals surface area contributed by atoms with Crippen molar-refractivity contribution in [3.63, 3.8) is 0 Å².